The highest BCUT2D eigenvalue weighted by Crippen LogP contribution is 2.61. The zero-order valence-electron chi connectivity index (χ0n) is 13.4. The summed E-state index contributed by atoms with van der Waals surface area (Å²) in [4.78, 5) is 11.9. The van der Waals surface area contributed by atoms with Gasteiger partial charge in [0.2, 0.25) is 0 Å². The zero-order chi connectivity index (χ0) is 17.0. The van der Waals surface area contributed by atoms with Crippen LogP contribution in [0.2, 0.25) is 0 Å². The summed E-state index contributed by atoms with van der Waals surface area (Å²) in [7, 11) is 0.558. The first kappa shape index (κ1) is 17.0. The lowest BCUT2D eigenvalue weighted by Crippen LogP contribution is -2.61. The van der Waals surface area contributed by atoms with E-state index in [1.807, 2.05) is 0 Å². The van der Waals surface area contributed by atoms with Crippen molar-refractivity contribution >= 4 is 5.91 Å². The molecule has 0 aromatic carbocycles. The highest BCUT2D eigenvalue weighted by Gasteiger charge is 2.64. The van der Waals surface area contributed by atoms with Crippen molar-refractivity contribution in [1.82, 2.24) is 5.32 Å². The van der Waals surface area contributed by atoms with Crippen LogP contribution in [0.1, 0.15) is 45.4 Å². The normalized spacial score (nSPS) is 39.8. The van der Waals surface area contributed by atoms with E-state index in [1.54, 1.807) is 6.92 Å². The Morgan fingerprint density at radius 3 is 1.87 bits per heavy atom. The molecule has 0 aromatic rings. The summed E-state index contributed by atoms with van der Waals surface area (Å²) < 4.78 is 56.3. The first-order valence-electron chi connectivity index (χ1n) is 8.21. The number of amides is 1. The van der Waals surface area contributed by atoms with Gasteiger partial charge in [-0.05, 0) is 68.6 Å². The second-order valence-corrected chi connectivity index (χ2v) is 7.77. The highest BCUT2D eigenvalue weighted by atomic mass is 19.4. The molecule has 4 saturated carbocycles. The summed E-state index contributed by atoms with van der Waals surface area (Å²) in [6.07, 6.45) is 0.915. The minimum absolute atomic E-state index is 0.190. The van der Waals surface area contributed by atoms with Crippen LogP contribution in [0.5, 0.6) is 0 Å². The maximum absolute atomic E-state index is 14.0. The van der Waals surface area contributed by atoms with Crippen LogP contribution >= 0.6 is 0 Å². The average Bonchev–Trinajstić information content (AvgIpc) is 2.43. The van der Waals surface area contributed by atoms with Crippen molar-refractivity contribution in [3.05, 3.63) is 0 Å². The monoisotopic (exact) mass is 337 g/mol. The number of hydrogen-bond donors (Lipinski definition) is 1. The van der Waals surface area contributed by atoms with Gasteiger partial charge in [0.05, 0.1) is 0 Å². The lowest BCUT2D eigenvalue weighted by Gasteiger charge is -2.59. The Kier molecular flexibility index (Phi) is 3.93. The molecule has 132 valence electrons. The maximum atomic E-state index is 14.0. The number of hydrogen-bond acceptors (Lipinski definition) is 2. The highest BCUT2D eigenvalue weighted by molar-refractivity contribution is 5.84. The quantitative estimate of drug-likeness (QED) is 0.796. The molecule has 23 heavy (non-hydrogen) atoms. The molecule has 1 N–H and O–H groups in total. The molecule has 0 spiro atoms. The van der Waals surface area contributed by atoms with Gasteiger partial charge in [-0.3, -0.25) is 4.79 Å². The number of alkyl halides is 4. The van der Waals surface area contributed by atoms with E-state index in [2.05, 4.69) is 10.1 Å². The third kappa shape index (κ3) is 2.65. The number of ether oxygens (including phenoxy) is 1. The Morgan fingerprint density at radius 2 is 1.52 bits per heavy atom. The lowest BCUT2D eigenvalue weighted by molar-refractivity contribution is -0.308. The van der Waals surface area contributed by atoms with Gasteiger partial charge in [0.15, 0.2) is 0 Å². The van der Waals surface area contributed by atoms with Gasteiger partial charge in [0, 0.05) is 13.2 Å². The van der Waals surface area contributed by atoms with Crippen LogP contribution in [0.15, 0.2) is 0 Å². The Morgan fingerprint density at radius 1 is 1.09 bits per heavy atom. The van der Waals surface area contributed by atoms with E-state index in [0.717, 1.165) is 19.3 Å². The third-order valence-electron chi connectivity index (χ3n) is 6.29. The summed E-state index contributed by atoms with van der Waals surface area (Å²) in [5.74, 6) is -4.23. The second-order valence-electron chi connectivity index (χ2n) is 7.77. The van der Waals surface area contributed by atoms with Crippen molar-refractivity contribution in [2.45, 2.75) is 63.5 Å². The van der Waals surface area contributed by atoms with E-state index in [-0.39, 0.29) is 5.41 Å². The number of halogens is 4. The number of nitrogens with one attached hydrogen (secondary N) is 1. The standard InChI is InChI=1S/C16H23F4NO2/c1-9(21-13(22)15(17,23-2)16(18,19)20)14-6-10-3-11(7-14)5-12(4-10)8-14/h9-12H,3-8H2,1-2H3,(H,21,22)/t9-,10?,11?,12?,14?,15-/m0/s1. The molecule has 4 fully saturated rings. The molecular weight excluding hydrogens is 314 g/mol. The molecular formula is C16H23F4NO2. The van der Waals surface area contributed by atoms with Crippen LogP contribution in [0.3, 0.4) is 0 Å². The van der Waals surface area contributed by atoms with Gasteiger partial charge in [0.1, 0.15) is 0 Å². The molecule has 4 aliphatic carbocycles. The molecule has 7 heteroatoms. The van der Waals surface area contributed by atoms with Crippen LogP contribution in [0.4, 0.5) is 17.6 Å². The number of rotatable bonds is 4. The van der Waals surface area contributed by atoms with E-state index < -0.39 is 24.0 Å². The summed E-state index contributed by atoms with van der Waals surface area (Å²) in [5.41, 5.74) is -0.190. The lowest BCUT2D eigenvalue weighted by atomic mass is 9.48. The molecule has 4 aliphatic rings. The molecule has 2 atom stereocenters. The Hall–Kier alpha value is -0.850. The summed E-state index contributed by atoms with van der Waals surface area (Å²) >= 11 is 0. The predicted molar refractivity (Wildman–Crippen MR) is 75.1 cm³/mol. The predicted octanol–water partition coefficient (Wildman–Crippen LogP) is 3.58. The molecule has 0 radical (unpaired) electrons. The Balaban J connectivity index is 1.74. The molecule has 0 aromatic heterocycles. The summed E-state index contributed by atoms with van der Waals surface area (Å²) in [6, 6.07) is -0.490. The minimum atomic E-state index is -5.40. The smallest absolute Gasteiger partial charge is 0.348 e. The molecule has 0 heterocycles. The Labute approximate surface area is 133 Å². The van der Waals surface area contributed by atoms with E-state index >= 15 is 0 Å². The van der Waals surface area contributed by atoms with Gasteiger partial charge >= 0.3 is 12.0 Å². The Bertz CT molecular complexity index is 458. The average molecular weight is 337 g/mol. The second kappa shape index (κ2) is 5.33. The third-order valence-corrected chi connectivity index (χ3v) is 6.29. The summed E-state index contributed by atoms with van der Waals surface area (Å²) in [6.45, 7) is 1.71. The van der Waals surface area contributed by atoms with Gasteiger partial charge in [-0.2, -0.15) is 17.6 Å². The molecule has 4 bridgehead atoms. The van der Waals surface area contributed by atoms with Crippen LogP contribution in [0, 0.1) is 23.2 Å². The van der Waals surface area contributed by atoms with Gasteiger partial charge in [0.25, 0.3) is 5.91 Å². The largest absolute Gasteiger partial charge is 0.458 e. The van der Waals surface area contributed by atoms with Crippen molar-refractivity contribution in [1.29, 1.82) is 0 Å². The molecule has 1 amide bonds. The van der Waals surface area contributed by atoms with Crippen molar-refractivity contribution < 1.29 is 27.1 Å². The van der Waals surface area contributed by atoms with E-state index in [9.17, 15) is 22.4 Å². The number of methoxy groups -OCH3 is 1. The van der Waals surface area contributed by atoms with Crippen molar-refractivity contribution in [2.24, 2.45) is 23.2 Å². The zero-order valence-corrected chi connectivity index (χ0v) is 13.4. The van der Waals surface area contributed by atoms with Gasteiger partial charge in [-0.25, -0.2) is 0 Å². The van der Waals surface area contributed by atoms with Crippen LogP contribution in [-0.4, -0.2) is 31.1 Å². The SMILES string of the molecule is CO[C@@](F)(C(=O)N[C@@H](C)C12CC3CC(CC(C3)C1)C2)C(F)(F)F. The fourth-order valence-electron chi connectivity index (χ4n) is 5.49. The first-order valence-corrected chi connectivity index (χ1v) is 8.21. The van der Waals surface area contributed by atoms with E-state index in [4.69, 9.17) is 0 Å². The van der Waals surface area contributed by atoms with Crippen molar-refractivity contribution in [3.8, 4) is 0 Å². The maximum Gasteiger partial charge on any atom is 0.458 e. The molecule has 4 rings (SSSR count). The van der Waals surface area contributed by atoms with Crippen LogP contribution in [-0.2, 0) is 9.53 Å². The fraction of sp³-hybridized carbons (Fsp3) is 0.938. The number of carbonyl (C=O) groups excluding carboxylic acids is 1. The van der Waals surface area contributed by atoms with Crippen LogP contribution < -0.4 is 5.32 Å². The van der Waals surface area contributed by atoms with Gasteiger partial charge < -0.3 is 10.1 Å². The fourth-order valence-corrected chi connectivity index (χ4v) is 5.49. The van der Waals surface area contributed by atoms with E-state index in [0.29, 0.717) is 24.9 Å². The van der Waals surface area contributed by atoms with Crippen molar-refractivity contribution in [3.63, 3.8) is 0 Å². The van der Waals surface area contributed by atoms with Crippen LogP contribution in [0.25, 0.3) is 0 Å². The molecule has 0 aliphatic heterocycles. The first-order chi connectivity index (χ1) is 10.6. The van der Waals surface area contributed by atoms with E-state index in [1.165, 1.54) is 19.3 Å². The minimum Gasteiger partial charge on any atom is -0.348 e. The number of carbonyl (C=O) groups is 1. The summed E-state index contributed by atoms with van der Waals surface area (Å²) in [5, 5.41) is 2.28. The molecule has 0 saturated heterocycles. The van der Waals surface area contributed by atoms with Gasteiger partial charge in [-0.15, -0.1) is 0 Å². The molecule has 0 unspecified atom stereocenters. The van der Waals surface area contributed by atoms with Gasteiger partial charge in [-0.1, -0.05) is 0 Å². The molecule has 3 nitrogen and oxygen atoms in total. The topological polar surface area (TPSA) is 38.3 Å². The van der Waals surface area contributed by atoms with Crippen molar-refractivity contribution in [2.75, 3.05) is 7.11 Å².